The summed E-state index contributed by atoms with van der Waals surface area (Å²) in [5, 5.41) is 8.50. The van der Waals surface area contributed by atoms with E-state index in [9.17, 15) is 8.78 Å². The molecule has 80 valence electrons. The first-order chi connectivity index (χ1) is 7.10. The van der Waals surface area contributed by atoms with Crippen LogP contribution < -0.4 is 4.74 Å². The minimum atomic E-state index is -2.69. The molecule has 0 unspecified atom stereocenters. The van der Waals surface area contributed by atoms with Gasteiger partial charge in [0.1, 0.15) is 9.45 Å². The van der Waals surface area contributed by atoms with Gasteiger partial charge in [-0.15, -0.1) is 0 Å². The van der Waals surface area contributed by atoms with Crippen LogP contribution in [0.1, 0.15) is 17.7 Å². The summed E-state index contributed by atoms with van der Waals surface area (Å²) >= 11 is 1.89. The van der Waals surface area contributed by atoms with Crippen molar-refractivity contribution >= 4 is 22.6 Å². The van der Waals surface area contributed by atoms with E-state index in [-0.39, 0.29) is 23.4 Å². The molecule has 0 amide bonds. The van der Waals surface area contributed by atoms with Gasteiger partial charge in [0, 0.05) is 6.07 Å². The molecule has 0 spiro atoms. The number of nitrogens with zero attached hydrogens (tertiary/aromatic N) is 2. The molecule has 0 N–H and O–H groups in total. The van der Waals surface area contributed by atoms with E-state index in [1.165, 1.54) is 13.2 Å². The Bertz CT molecular complexity index is 404. The maximum Gasteiger partial charge on any atom is 0.269 e. The van der Waals surface area contributed by atoms with Gasteiger partial charge in [-0.2, -0.15) is 5.26 Å². The van der Waals surface area contributed by atoms with Crippen molar-refractivity contribution in [3.8, 4) is 11.8 Å². The van der Waals surface area contributed by atoms with Crippen LogP contribution in [0, 0.1) is 15.0 Å². The molecule has 0 aromatic carbocycles. The van der Waals surface area contributed by atoms with Crippen LogP contribution in [0.4, 0.5) is 8.78 Å². The van der Waals surface area contributed by atoms with Crippen LogP contribution in [0.2, 0.25) is 0 Å². The van der Waals surface area contributed by atoms with Gasteiger partial charge in [0.2, 0.25) is 0 Å². The summed E-state index contributed by atoms with van der Waals surface area (Å²) in [6.07, 6.45) is -2.83. The monoisotopic (exact) mass is 324 g/mol. The molecule has 1 aromatic heterocycles. The van der Waals surface area contributed by atoms with Crippen LogP contribution in [-0.2, 0) is 6.42 Å². The van der Waals surface area contributed by atoms with Crippen molar-refractivity contribution in [2.24, 2.45) is 0 Å². The van der Waals surface area contributed by atoms with Crippen LogP contribution >= 0.6 is 22.6 Å². The van der Waals surface area contributed by atoms with E-state index in [2.05, 4.69) is 4.98 Å². The number of halogens is 3. The lowest BCUT2D eigenvalue weighted by atomic mass is 10.1. The second-order valence-electron chi connectivity index (χ2n) is 2.64. The first-order valence-corrected chi connectivity index (χ1v) is 5.06. The zero-order valence-corrected chi connectivity index (χ0v) is 9.96. The summed E-state index contributed by atoms with van der Waals surface area (Å²) in [6.45, 7) is 0. The number of nitriles is 1. The molecule has 0 aliphatic heterocycles. The smallest absolute Gasteiger partial charge is 0.269 e. The van der Waals surface area contributed by atoms with Crippen LogP contribution in [0.25, 0.3) is 0 Å². The Morgan fingerprint density at radius 1 is 1.67 bits per heavy atom. The lowest BCUT2D eigenvalue weighted by molar-refractivity contribution is 0.145. The third-order valence-electron chi connectivity index (χ3n) is 1.75. The Hall–Kier alpha value is -0.970. The molecule has 6 heteroatoms. The lowest BCUT2D eigenvalue weighted by Gasteiger charge is -2.11. The molecular weight excluding hydrogens is 317 g/mol. The number of methoxy groups -OCH3 is 1. The van der Waals surface area contributed by atoms with Crippen molar-refractivity contribution in [2.45, 2.75) is 12.8 Å². The summed E-state index contributed by atoms with van der Waals surface area (Å²) in [5.74, 6) is 0.0784. The zero-order valence-electron chi connectivity index (χ0n) is 7.80. The van der Waals surface area contributed by atoms with Gasteiger partial charge in [-0.25, -0.2) is 13.8 Å². The number of rotatable bonds is 3. The summed E-state index contributed by atoms with van der Waals surface area (Å²) in [7, 11) is 1.31. The minimum absolute atomic E-state index is 0.0784. The highest BCUT2D eigenvalue weighted by Gasteiger charge is 2.20. The molecule has 0 aliphatic rings. The molecule has 0 atom stereocenters. The van der Waals surface area contributed by atoms with Crippen molar-refractivity contribution in [3.05, 3.63) is 21.0 Å². The van der Waals surface area contributed by atoms with Gasteiger partial charge in [-0.05, 0) is 22.6 Å². The van der Waals surface area contributed by atoms with Crippen molar-refractivity contribution in [3.63, 3.8) is 0 Å². The number of pyridine rings is 1. The number of ether oxygens (including phenoxy) is 1. The minimum Gasteiger partial charge on any atom is -0.496 e. The van der Waals surface area contributed by atoms with Crippen LogP contribution in [0.3, 0.4) is 0 Å². The van der Waals surface area contributed by atoms with Crippen LogP contribution in [0.15, 0.2) is 6.07 Å². The molecular formula is C9H7F2IN2O. The third-order valence-corrected chi connectivity index (χ3v) is 2.31. The normalized spacial score (nSPS) is 10.1. The third kappa shape index (κ3) is 2.75. The van der Waals surface area contributed by atoms with E-state index < -0.39 is 6.43 Å². The first-order valence-electron chi connectivity index (χ1n) is 3.98. The molecule has 15 heavy (non-hydrogen) atoms. The van der Waals surface area contributed by atoms with Gasteiger partial charge < -0.3 is 4.74 Å². The molecule has 0 saturated heterocycles. The second-order valence-corrected chi connectivity index (χ2v) is 3.75. The maximum absolute atomic E-state index is 12.7. The van der Waals surface area contributed by atoms with Gasteiger partial charge in [0.25, 0.3) is 6.43 Å². The summed E-state index contributed by atoms with van der Waals surface area (Å²) < 4.78 is 30.8. The molecule has 0 saturated carbocycles. The number of hydrogen-bond donors (Lipinski definition) is 0. The largest absolute Gasteiger partial charge is 0.496 e. The van der Waals surface area contributed by atoms with E-state index >= 15 is 0 Å². The standard InChI is InChI=1S/C9H7F2IN2O/c1-15-6-4-7(12)14-5(2-3-13)8(6)9(10)11/h4,9H,2H2,1H3. The topological polar surface area (TPSA) is 45.9 Å². The van der Waals surface area contributed by atoms with Gasteiger partial charge >= 0.3 is 0 Å². The van der Waals surface area contributed by atoms with Crippen molar-refractivity contribution < 1.29 is 13.5 Å². The fourth-order valence-corrected chi connectivity index (χ4v) is 1.74. The zero-order chi connectivity index (χ0) is 11.4. The van der Waals surface area contributed by atoms with Gasteiger partial charge in [-0.3, -0.25) is 0 Å². The highest BCUT2D eigenvalue weighted by Crippen LogP contribution is 2.32. The Balaban J connectivity index is 3.34. The number of hydrogen-bond acceptors (Lipinski definition) is 3. The SMILES string of the molecule is COc1cc(I)nc(CC#N)c1C(F)F. The van der Waals surface area contributed by atoms with E-state index in [4.69, 9.17) is 10.00 Å². The molecule has 1 aromatic rings. The molecule has 3 nitrogen and oxygen atoms in total. The van der Waals surface area contributed by atoms with E-state index in [1.54, 1.807) is 6.07 Å². The van der Waals surface area contributed by atoms with Crippen LogP contribution in [-0.4, -0.2) is 12.1 Å². The predicted octanol–water partition coefficient (Wildman–Crippen LogP) is 2.70. The van der Waals surface area contributed by atoms with Crippen molar-refractivity contribution in [2.75, 3.05) is 7.11 Å². The fourth-order valence-electron chi connectivity index (χ4n) is 1.16. The molecule has 0 fully saturated rings. The molecule has 0 radical (unpaired) electrons. The van der Waals surface area contributed by atoms with Gasteiger partial charge in [-0.1, -0.05) is 0 Å². The molecule has 0 aliphatic carbocycles. The highest BCUT2D eigenvalue weighted by atomic mass is 127. The summed E-state index contributed by atoms with van der Waals surface area (Å²) in [4.78, 5) is 3.90. The average Bonchev–Trinajstić information content (AvgIpc) is 2.16. The van der Waals surface area contributed by atoms with Crippen LogP contribution in [0.5, 0.6) is 5.75 Å². The summed E-state index contributed by atoms with van der Waals surface area (Å²) in [6, 6.07) is 3.22. The van der Waals surface area contributed by atoms with E-state index in [0.717, 1.165) is 0 Å². The lowest BCUT2D eigenvalue weighted by Crippen LogP contribution is -2.03. The molecule has 1 heterocycles. The number of alkyl halides is 2. The van der Waals surface area contributed by atoms with Gasteiger partial charge in [0.15, 0.2) is 0 Å². The van der Waals surface area contributed by atoms with Crippen molar-refractivity contribution in [1.82, 2.24) is 4.98 Å². The Kier molecular flexibility index (Phi) is 4.20. The predicted molar refractivity (Wildman–Crippen MR) is 57.8 cm³/mol. The summed E-state index contributed by atoms with van der Waals surface area (Å²) in [5.41, 5.74) is -0.212. The fraction of sp³-hybridized carbons (Fsp3) is 0.333. The highest BCUT2D eigenvalue weighted by molar-refractivity contribution is 14.1. The molecule has 1 rings (SSSR count). The first kappa shape index (κ1) is 12.1. The Morgan fingerprint density at radius 2 is 2.33 bits per heavy atom. The van der Waals surface area contributed by atoms with E-state index in [0.29, 0.717) is 3.70 Å². The quantitative estimate of drug-likeness (QED) is 0.634. The average molecular weight is 324 g/mol. The Morgan fingerprint density at radius 3 is 2.80 bits per heavy atom. The maximum atomic E-state index is 12.7. The van der Waals surface area contributed by atoms with Crippen molar-refractivity contribution in [1.29, 1.82) is 5.26 Å². The molecule has 0 bridgehead atoms. The number of aromatic nitrogens is 1. The van der Waals surface area contributed by atoms with E-state index in [1.807, 2.05) is 22.6 Å². The van der Waals surface area contributed by atoms with Gasteiger partial charge in [0.05, 0.1) is 30.9 Å². The Labute approximate surface area is 99.2 Å². The second kappa shape index (κ2) is 5.21.